The second-order valence-corrected chi connectivity index (χ2v) is 7.98. The van der Waals surface area contributed by atoms with E-state index in [0.717, 1.165) is 54.3 Å². The highest BCUT2D eigenvalue weighted by Crippen LogP contribution is 2.31. The van der Waals surface area contributed by atoms with Crippen molar-refractivity contribution in [2.45, 2.75) is 25.7 Å². The molecule has 9 heteroatoms. The van der Waals surface area contributed by atoms with E-state index in [2.05, 4.69) is 19.9 Å². The average Bonchev–Trinajstić information content (AvgIpc) is 3.05. The first-order chi connectivity index (χ1) is 12.9. The molecule has 0 fully saturated rings. The van der Waals surface area contributed by atoms with Gasteiger partial charge in [0.2, 0.25) is 0 Å². The van der Waals surface area contributed by atoms with E-state index in [-0.39, 0.29) is 0 Å². The Bertz CT molecular complexity index is 956. The van der Waals surface area contributed by atoms with Crippen LogP contribution >= 0.6 is 22.9 Å². The smallest absolute Gasteiger partial charge is 0.293 e. The van der Waals surface area contributed by atoms with Gasteiger partial charge in [0.25, 0.3) is 0 Å². The molecule has 3 heterocycles. The number of halogens is 4. The third-order valence-corrected chi connectivity index (χ3v) is 5.49. The number of nitrogens with zero attached hydrogens (tertiary/aromatic N) is 4. The molecule has 0 spiro atoms. The van der Waals surface area contributed by atoms with Gasteiger partial charge in [-0.05, 0) is 12.1 Å². The summed E-state index contributed by atoms with van der Waals surface area (Å²) < 4.78 is 38.6. The van der Waals surface area contributed by atoms with Crippen LogP contribution in [0.25, 0.3) is 11.4 Å². The topological polar surface area (TPSA) is 41.9 Å². The fourth-order valence-electron chi connectivity index (χ4n) is 3.03. The molecule has 0 saturated carbocycles. The quantitative estimate of drug-likeness (QED) is 0.620. The maximum Gasteiger partial charge on any atom is 0.416 e. The number of benzene rings is 1. The summed E-state index contributed by atoms with van der Waals surface area (Å²) in [4.78, 5) is 16.3. The highest BCUT2D eigenvalue weighted by Gasteiger charge is 2.30. The Balaban J connectivity index is 1.50. The maximum absolute atomic E-state index is 12.7. The van der Waals surface area contributed by atoms with Crippen LogP contribution in [0.2, 0.25) is 4.47 Å². The van der Waals surface area contributed by atoms with Crippen molar-refractivity contribution in [3.05, 3.63) is 62.8 Å². The molecule has 2 aromatic heterocycles. The molecular weight excluding hydrogens is 397 g/mol. The monoisotopic (exact) mass is 410 g/mol. The maximum atomic E-state index is 12.7. The summed E-state index contributed by atoms with van der Waals surface area (Å²) in [6.45, 7) is 2.33. The number of alkyl halides is 3. The Kier molecular flexibility index (Phi) is 4.88. The summed E-state index contributed by atoms with van der Waals surface area (Å²) in [6.07, 6.45) is -0.0348. The van der Waals surface area contributed by atoms with Crippen LogP contribution in [0, 0.1) is 0 Å². The van der Waals surface area contributed by atoms with Gasteiger partial charge in [-0.15, -0.1) is 11.3 Å². The predicted octanol–water partition coefficient (Wildman–Crippen LogP) is 4.83. The van der Waals surface area contributed by atoms with Gasteiger partial charge >= 0.3 is 6.18 Å². The Morgan fingerprint density at radius 1 is 1.11 bits per heavy atom. The van der Waals surface area contributed by atoms with Crippen LogP contribution in [0.15, 0.2) is 36.7 Å². The summed E-state index contributed by atoms with van der Waals surface area (Å²) in [7, 11) is 0. The first-order valence-electron chi connectivity index (χ1n) is 8.23. The number of rotatable bonds is 3. The van der Waals surface area contributed by atoms with Crippen LogP contribution < -0.4 is 0 Å². The summed E-state index contributed by atoms with van der Waals surface area (Å²) in [5.41, 5.74) is 1.88. The fourth-order valence-corrected chi connectivity index (χ4v) is 4.05. The molecule has 4 rings (SSSR count). The second kappa shape index (κ2) is 7.18. The molecule has 1 aromatic carbocycles. The lowest BCUT2D eigenvalue weighted by molar-refractivity contribution is -0.137. The van der Waals surface area contributed by atoms with Gasteiger partial charge in [0.15, 0.2) is 10.3 Å². The number of fused-ring (bicyclic) bond motifs is 1. The summed E-state index contributed by atoms with van der Waals surface area (Å²) in [5.74, 6) is 0.449. The Morgan fingerprint density at radius 2 is 1.89 bits per heavy atom. The van der Waals surface area contributed by atoms with Crippen molar-refractivity contribution in [1.82, 2.24) is 19.9 Å². The molecule has 0 atom stereocenters. The van der Waals surface area contributed by atoms with Gasteiger partial charge in [0.1, 0.15) is 0 Å². The first-order valence-corrected chi connectivity index (χ1v) is 9.43. The number of hydrogen-bond donors (Lipinski definition) is 0. The standard InChI is InChI=1S/C18H14ClF3N4S/c19-17-24-8-14(27-17)10-26-6-5-15-12(9-26)7-23-16(25-15)11-1-3-13(4-2-11)18(20,21)22/h1-4,7-8H,5-6,9-10H2. The van der Waals surface area contributed by atoms with Crippen LogP contribution in [-0.4, -0.2) is 26.4 Å². The molecule has 140 valence electrons. The highest BCUT2D eigenvalue weighted by molar-refractivity contribution is 7.15. The van der Waals surface area contributed by atoms with Crippen molar-refractivity contribution in [2.24, 2.45) is 0 Å². The zero-order valence-electron chi connectivity index (χ0n) is 14.0. The van der Waals surface area contributed by atoms with E-state index in [4.69, 9.17) is 11.6 Å². The lowest BCUT2D eigenvalue weighted by Gasteiger charge is -2.27. The van der Waals surface area contributed by atoms with Gasteiger partial charge in [-0.1, -0.05) is 23.7 Å². The Hall–Kier alpha value is -2.03. The molecule has 3 aromatic rings. The van der Waals surface area contributed by atoms with E-state index in [9.17, 15) is 13.2 Å². The van der Waals surface area contributed by atoms with Gasteiger partial charge < -0.3 is 0 Å². The molecule has 0 bridgehead atoms. The summed E-state index contributed by atoms with van der Waals surface area (Å²) in [5, 5.41) is 0. The summed E-state index contributed by atoms with van der Waals surface area (Å²) in [6, 6.07) is 4.93. The van der Waals surface area contributed by atoms with Crippen molar-refractivity contribution in [3.8, 4) is 11.4 Å². The fraction of sp³-hybridized carbons (Fsp3) is 0.278. The van der Waals surface area contributed by atoms with Gasteiger partial charge in [-0.25, -0.2) is 15.0 Å². The lowest BCUT2D eigenvalue weighted by atomic mass is 10.1. The molecule has 4 nitrogen and oxygen atoms in total. The van der Waals surface area contributed by atoms with Gasteiger partial charge in [-0.3, -0.25) is 4.90 Å². The minimum atomic E-state index is -4.35. The Labute approximate surface area is 162 Å². The average molecular weight is 411 g/mol. The molecule has 1 aliphatic rings. The molecule has 1 aliphatic heterocycles. The van der Waals surface area contributed by atoms with Crippen LogP contribution in [0.5, 0.6) is 0 Å². The van der Waals surface area contributed by atoms with Crippen molar-refractivity contribution in [1.29, 1.82) is 0 Å². The predicted molar refractivity (Wildman–Crippen MR) is 97.4 cm³/mol. The van der Waals surface area contributed by atoms with E-state index in [1.807, 2.05) is 0 Å². The van der Waals surface area contributed by atoms with E-state index >= 15 is 0 Å². The molecule has 0 N–H and O–H groups in total. The molecule has 27 heavy (non-hydrogen) atoms. The van der Waals surface area contributed by atoms with E-state index < -0.39 is 11.7 Å². The summed E-state index contributed by atoms with van der Waals surface area (Å²) >= 11 is 7.34. The van der Waals surface area contributed by atoms with Crippen LogP contribution in [0.3, 0.4) is 0 Å². The zero-order chi connectivity index (χ0) is 19.0. The number of aromatic nitrogens is 3. The van der Waals surface area contributed by atoms with E-state index in [0.29, 0.717) is 15.9 Å². The largest absolute Gasteiger partial charge is 0.416 e. The molecule has 0 saturated heterocycles. The van der Waals surface area contributed by atoms with Crippen LogP contribution in [-0.2, 0) is 25.7 Å². The van der Waals surface area contributed by atoms with E-state index in [1.54, 1.807) is 12.4 Å². The Morgan fingerprint density at radius 3 is 2.56 bits per heavy atom. The van der Waals surface area contributed by atoms with Crippen molar-refractivity contribution >= 4 is 22.9 Å². The van der Waals surface area contributed by atoms with Crippen LogP contribution in [0.1, 0.15) is 21.7 Å². The van der Waals surface area contributed by atoms with Crippen molar-refractivity contribution in [2.75, 3.05) is 6.54 Å². The van der Waals surface area contributed by atoms with Gasteiger partial charge in [0.05, 0.1) is 11.3 Å². The highest BCUT2D eigenvalue weighted by atomic mass is 35.5. The molecule has 0 unspecified atom stereocenters. The third-order valence-electron chi connectivity index (χ3n) is 4.39. The van der Waals surface area contributed by atoms with Crippen molar-refractivity contribution < 1.29 is 13.2 Å². The molecule has 0 amide bonds. The lowest BCUT2D eigenvalue weighted by Crippen LogP contribution is -2.30. The number of thiazole rings is 1. The normalized spacial score (nSPS) is 15.0. The van der Waals surface area contributed by atoms with Crippen molar-refractivity contribution in [3.63, 3.8) is 0 Å². The minimum Gasteiger partial charge on any atom is -0.293 e. The van der Waals surface area contributed by atoms with E-state index in [1.165, 1.54) is 23.5 Å². The van der Waals surface area contributed by atoms with Gasteiger partial charge in [0, 0.05) is 54.5 Å². The first kappa shape index (κ1) is 18.3. The van der Waals surface area contributed by atoms with Gasteiger partial charge in [-0.2, -0.15) is 13.2 Å². The third kappa shape index (κ3) is 4.12. The second-order valence-electron chi connectivity index (χ2n) is 6.28. The number of hydrogen-bond acceptors (Lipinski definition) is 5. The zero-order valence-corrected chi connectivity index (χ0v) is 15.6. The SMILES string of the molecule is FC(F)(F)c1ccc(-c2ncc3c(n2)CCN(Cc2cnc(Cl)s2)C3)cc1. The molecular formula is C18H14ClF3N4S. The van der Waals surface area contributed by atoms with Crippen LogP contribution in [0.4, 0.5) is 13.2 Å². The minimum absolute atomic E-state index is 0.449. The molecule has 0 radical (unpaired) electrons. The molecule has 0 aliphatic carbocycles.